The van der Waals surface area contributed by atoms with Crippen molar-refractivity contribution in [1.82, 2.24) is 0 Å². The average Bonchev–Trinajstić information content (AvgIpc) is 2.93. The van der Waals surface area contributed by atoms with Crippen molar-refractivity contribution in [2.24, 2.45) is 17.8 Å². The molecule has 4 nitrogen and oxygen atoms in total. The number of benzene rings is 3. The first-order valence-electron chi connectivity index (χ1n) is 14.6. The first-order chi connectivity index (χ1) is 18.6. The van der Waals surface area contributed by atoms with Crippen LogP contribution in [0.5, 0.6) is 5.75 Å². The normalized spacial score (nSPS) is 25.6. The van der Waals surface area contributed by atoms with Gasteiger partial charge in [-0.25, -0.2) is 4.79 Å². The minimum atomic E-state index is -0.325. The number of aliphatic hydroxyl groups is 1. The molecule has 0 heterocycles. The molecule has 0 saturated heterocycles. The molecule has 7 rings (SSSR count). The third kappa shape index (κ3) is 4.84. The highest BCUT2D eigenvalue weighted by atomic mass is 16.5. The lowest BCUT2D eigenvalue weighted by atomic mass is 9.48. The highest BCUT2D eigenvalue weighted by Crippen LogP contribution is 2.61. The van der Waals surface area contributed by atoms with Crippen molar-refractivity contribution in [3.8, 4) is 16.9 Å². The number of aliphatic hydroxyl groups excluding tert-OH is 1. The summed E-state index contributed by atoms with van der Waals surface area (Å²) in [5.41, 5.74) is 4.25. The Labute approximate surface area is 226 Å². The van der Waals surface area contributed by atoms with Crippen LogP contribution in [-0.4, -0.2) is 31.4 Å². The van der Waals surface area contributed by atoms with E-state index < -0.39 is 0 Å². The monoisotopic (exact) mass is 512 g/mol. The number of rotatable bonds is 10. The molecule has 1 N–H and O–H groups in total. The molecule has 38 heavy (non-hydrogen) atoms. The number of fused-ring (bicyclic) bond motifs is 1. The van der Waals surface area contributed by atoms with Gasteiger partial charge in [-0.05, 0) is 121 Å². The molecule has 0 amide bonds. The Morgan fingerprint density at radius 3 is 2.32 bits per heavy atom. The van der Waals surface area contributed by atoms with E-state index in [0.29, 0.717) is 17.6 Å². The Morgan fingerprint density at radius 1 is 0.895 bits per heavy atom. The van der Waals surface area contributed by atoms with E-state index in [1.54, 1.807) is 0 Å². The zero-order chi connectivity index (χ0) is 26.1. The molecule has 3 aromatic rings. The van der Waals surface area contributed by atoms with Gasteiger partial charge in [0.1, 0.15) is 5.75 Å². The Morgan fingerprint density at radius 2 is 1.61 bits per heavy atom. The summed E-state index contributed by atoms with van der Waals surface area (Å²) in [5, 5.41) is 11.4. The SMILES string of the molecule is COC(=O)c1ccccc1-c1cc(OCCCCCCO)c2ccc(C34CC5CC(CC(C5)C3)C4)cc2c1. The van der Waals surface area contributed by atoms with E-state index in [1.807, 2.05) is 24.3 Å². The van der Waals surface area contributed by atoms with Crippen molar-refractivity contribution in [3.05, 3.63) is 65.7 Å². The number of methoxy groups -OCH3 is 1. The van der Waals surface area contributed by atoms with Crippen molar-refractivity contribution >= 4 is 16.7 Å². The maximum atomic E-state index is 12.6. The van der Waals surface area contributed by atoms with E-state index in [2.05, 4.69) is 30.3 Å². The van der Waals surface area contributed by atoms with E-state index in [4.69, 9.17) is 14.6 Å². The van der Waals surface area contributed by atoms with Gasteiger partial charge in [0.2, 0.25) is 0 Å². The summed E-state index contributed by atoms with van der Waals surface area (Å²) in [7, 11) is 1.43. The highest BCUT2D eigenvalue weighted by Gasteiger charge is 2.51. The van der Waals surface area contributed by atoms with Crippen LogP contribution in [0.15, 0.2) is 54.6 Å². The summed E-state index contributed by atoms with van der Waals surface area (Å²) < 4.78 is 11.5. The second-order valence-electron chi connectivity index (χ2n) is 12.1. The number of hydrogen-bond acceptors (Lipinski definition) is 4. The summed E-state index contributed by atoms with van der Waals surface area (Å²) in [6.45, 7) is 0.887. The molecule has 3 aromatic carbocycles. The number of carbonyl (C=O) groups is 1. The summed E-state index contributed by atoms with van der Waals surface area (Å²) >= 11 is 0. The fourth-order valence-electron chi connectivity index (χ4n) is 8.18. The minimum Gasteiger partial charge on any atom is -0.493 e. The van der Waals surface area contributed by atoms with E-state index >= 15 is 0 Å². The fourth-order valence-corrected chi connectivity index (χ4v) is 8.18. The van der Waals surface area contributed by atoms with Crippen molar-refractivity contribution in [1.29, 1.82) is 0 Å². The van der Waals surface area contributed by atoms with Crippen LogP contribution in [0.2, 0.25) is 0 Å². The number of unbranched alkanes of at least 4 members (excludes halogenated alkanes) is 3. The van der Waals surface area contributed by atoms with Gasteiger partial charge in [0.25, 0.3) is 0 Å². The topological polar surface area (TPSA) is 55.8 Å². The molecule has 0 atom stereocenters. The van der Waals surface area contributed by atoms with E-state index in [1.165, 1.54) is 56.6 Å². The molecule has 0 aliphatic heterocycles. The minimum absolute atomic E-state index is 0.249. The molecule has 4 heteroatoms. The summed E-state index contributed by atoms with van der Waals surface area (Å²) in [6, 6.07) is 19.1. The number of ether oxygens (including phenoxy) is 2. The van der Waals surface area contributed by atoms with E-state index in [9.17, 15) is 4.79 Å². The quantitative estimate of drug-likeness (QED) is 0.223. The van der Waals surface area contributed by atoms with Crippen LogP contribution in [0.3, 0.4) is 0 Å². The molecule has 0 aromatic heterocycles. The van der Waals surface area contributed by atoms with Crippen LogP contribution in [0.4, 0.5) is 0 Å². The predicted octanol–water partition coefficient (Wildman–Crippen LogP) is 7.69. The van der Waals surface area contributed by atoms with Crippen molar-refractivity contribution in [3.63, 3.8) is 0 Å². The van der Waals surface area contributed by atoms with Crippen LogP contribution >= 0.6 is 0 Å². The average molecular weight is 513 g/mol. The van der Waals surface area contributed by atoms with Gasteiger partial charge >= 0.3 is 5.97 Å². The van der Waals surface area contributed by atoms with E-state index in [-0.39, 0.29) is 12.6 Å². The lowest BCUT2D eigenvalue weighted by Crippen LogP contribution is -2.48. The van der Waals surface area contributed by atoms with Crippen LogP contribution in [0.25, 0.3) is 21.9 Å². The van der Waals surface area contributed by atoms with Crippen LogP contribution in [0, 0.1) is 17.8 Å². The van der Waals surface area contributed by atoms with Crippen LogP contribution < -0.4 is 4.74 Å². The van der Waals surface area contributed by atoms with Crippen molar-refractivity contribution in [2.45, 2.75) is 69.6 Å². The highest BCUT2D eigenvalue weighted by molar-refractivity contribution is 6.00. The lowest BCUT2D eigenvalue weighted by Gasteiger charge is -2.57. The molecule has 200 valence electrons. The molecule has 4 aliphatic rings. The van der Waals surface area contributed by atoms with Gasteiger partial charge in [0, 0.05) is 12.0 Å². The first-order valence-corrected chi connectivity index (χ1v) is 14.6. The van der Waals surface area contributed by atoms with Crippen molar-refractivity contribution in [2.75, 3.05) is 20.3 Å². The molecular weight excluding hydrogens is 472 g/mol. The van der Waals surface area contributed by atoms with Crippen LogP contribution in [0.1, 0.15) is 80.1 Å². The first kappa shape index (κ1) is 25.4. The summed E-state index contributed by atoms with van der Waals surface area (Å²) in [4.78, 5) is 12.6. The molecule has 4 fully saturated rings. The second-order valence-corrected chi connectivity index (χ2v) is 12.1. The summed E-state index contributed by atoms with van der Waals surface area (Å²) in [6.07, 6.45) is 12.2. The van der Waals surface area contributed by atoms with Gasteiger partial charge < -0.3 is 14.6 Å². The van der Waals surface area contributed by atoms with E-state index in [0.717, 1.165) is 65.7 Å². The Bertz CT molecular complexity index is 1270. The third-order valence-corrected chi connectivity index (χ3v) is 9.52. The maximum absolute atomic E-state index is 12.6. The predicted molar refractivity (Wildman–Crippen MR) is 152 cm³/mol. The Hall–Kier alpha value is -2.85. The molecule has 0 radical (unpaired) electrons. The molecule has 4 bridgehead atoms. The van der Waals surface area contributed by atoms with Crippen molar-refractivity contribution < 1.29 is 19.4 Å². The van der Waals surface area contributed by atoms with Gasteiger partial charge in [-0.3, -0.25) is 0 Å². The van der Waals surface area contributed by atoms with Gasteiger partial charge in [-0.1, -0.05) is 42.8 Å². The molecule has 0 spiro atoms. The zero-order valence-corrected chi connectivity index (χ0v) is 22.6. The second kappa shape index (κ2) is 10.7. The molecule has 4 aliphatic carbocycles. The number of esters is 1. The largest absolute Gasteiger partial charge is 0.493 e. The van der Waals surface area contributed by atoms with Gasteiger partial charge in [-0.15, -0.1) is 0 Å². The maximum Gasteiger partial charge on any atom is 0.338 e. The Balaban J connectivity index is 1.39. The molecule has 4 saturated carbocycles. The zero-order valence-electron chi connectivity index (χ0n) is 22.6. The fraction of sp³-hybridized carbons (Fsp3) is 0.500. The number of carbonyl (C=O) groups excluding carboxylic acids is 1. The van der Waals surface area contributed by atoms with Gasteiger partial charge in [-0.2, -0.15) is 0 Å². The summed E-state index contributed by atoms with van der Waals surface area (Å²) in [5.74, 6) is 3.26. The Kier molecular flexibility index (Phi) is 7.18. The lowest BCUT2D eigenvalue weighted by molar-refractivity contribution is -0.00513. The third-order valence-electron chi connectivity index (χ3n) is 9.52. The number of hydrogen-bond donors (Lipinski definition) is 1. The molecular formula is C34H40O4. The van der Waals surface area contributed by atoms with Crippen LogP contribution in [-0.2, 0) is 10.2 Å². The van der Waals surface area contributed by atoms with Gasteiger partial charge in [0.15, 0.2) is 0 Å². The smallest absolute Gasteiger partial charge is 0.338 e. The molecule has 0 unspecified atom stereocenters. The van der Waals surface area contributed by atoms with Gasteiger partial charge in [0.05, 0.1) is 19.3 Å². The standard InChI is InChI=1S/C34H40O4/c1-37-33(36)31-9-5-4-8-29(31)27-17-26-18-28(34-20-23-14-24(21-34)16-25(15-23)22-34)10-11-30(26)32(19-27)38-13-7-3-2-6-12-35/h4-5,8-11,17-19,23-25,35H,2-3,6-7,12-16,20-22H2,1H3.